The summed E-state index contributed by atoms with van der Waals surface area (Å²) in [5.74, 6) is 0. The van der Waals surface area contributed by atoms with E-state index in [0.717, 1.165) is 19.3 Å². The molecule has 1 heterocycles. The van der Waals surface area contributed by atoms with E-state index < -0.39 is 5.60 Å². The van der Waals surface area contributed by atoms with Crippen molar-refractivity contribution in [2.45, 2.75) is 89.6 Å². The number of carbonyl (C=O) groups is 1. The van der Waals surface area contributed by atoms with Gasteiger partial charge < -0.3 is 20.3 Å². The maximum absolute atomic E-state index is 11.8. The Hall–Kier alpha value is -0.810. The summed E-state index contributed by atoms with van der Waals surface area (Å²) in [7, 11) is 2.21. The second kappa shape index (κ2) is 7.18. The predicted molar refractivity (Wildman–Crippen MR) is 89.0 cm³/mol. The molecule has 1 saturated carbocycles. The lowest BCUT2D eigenvalue weighted by atomic mass is 9.98. The van der Waals surface area contributed by atoms with Gasteiger partial charge in [0, 0.05) is 24.2 Å². The summed E-state index contributed by atoms with van der Waals surface area (Å²) < 4.78 is 5.33. The van der Waals surface area contributed by atoms with Gasteiger partial charge in [0.15, 0.2) is 0 Å². The summed E-state index contributed by atoms with van der Waals surface area (Å²) in [6.45, 7) is 9.16. The SMILES string of the molecule is CC1CC(NC2CCC(NC(=O)OC(C)(C)C)C2)CCN1C. The highest BCUT2D eigenvalue weighted by molar-refractivity contribution is 5.68. The molecule has 0 aromatic carbocycles. The Bertz CT molecular complexity index is 381. The molecule has 1 amide bonds. The first-order valence-corrected chi connectivity index (χ1v) is 8.69. The molecule has 0 aromatic heterocycles. The molecule has 2 aliphatic rings. The summed E-state index contributed by atoms with van der Waals surface area (Å²) in [5, 5.41) is 6.81. The molecule has 0 spiro atoms. The van der Waals surface area contributed by atoms with E-state index in [0.29, 0.717) is 18.1 Å². The first-order valence-electron chi connectivity index (χ1n) is 8.69. The fraction of sp³-hybridized carbons (Fsp3) is 0.941. The smallest absolute Gasteiger partial charge is 0.407 e. The fourth-order valence-corrected chi connectivity index (χ4v) is 3.51. The average molecular weight is 311 g/mol. The Morgan fingerprint density at radius 3 is 2.36 bits per heavy atom. The van der Waals surface area contributed by atoms with Crippen molar-refractivity contribution in [3.8, 4) is 0 Å². The predicted octanol–water partition coefficient (Wildman–Crippen LogP) is 2.50. The molecule has 2 N–H and O–H groups in total. The Morgan fingerprint density at radius 1 is 1.09 bits per heavy atom. The maximum Gasteiger partial charge on any atom is 0.407 e. The number of hydrogen-bond acceptors (Lipinski definition) is 4. The van der Waals surface area contributed by atoms with Gasteiger partial charge in [0.25, 0.3) is 0 Å². The van der Waals surface area contributed by atoms with Crippen LogP contribution in [-0.4, -0.2) is 54.4 Å². The number of rotatable bonds is 3. The number of likely N-dealkylation sites (tertiary alicyclic amines) is 1. The van der Waals surface area contributed by atoms with E-state index in [4.69, 9.17) is 4.74 Å². The Labute approximate surface area is 135 Å². The molecule has 1 aliphatic heterocycles. The first-order chi connectivity index (χ1) is 10.2. The molecule has 1 aliphatic carbocycles. The van der Waals surface area contributed by atoms with Gasteiger partial charge in [-0.25, -0.2) is 4.79 Å². The highest BCUT2D eigenvalue weighted by Crippen LogP contribution is 2.23. The number of hydrogen-bond donors (Lipinski definition) is 2. The summed E-state index contributed by atoms with van der Waals surface area (Å²) >= 11 is 0. The van der Waals surface area contributed by atoms with Crippen LogP contribution in [0.25, 0.3) is 0 Å². The zero-order valence-electron chi connectivity index (χ0n) is 14.8. The van der Waals surface area contributed by atoms with Crippen LogP contribution in [0.4, 0.5) is 4.79 Å². The minimum atomic E-state index is -0.426. The second-order valence-corrected chi connectivity index (χ2v) is 8.07. The van der Waals surface area contributed by atoms with Crippen LogP contribution in [0.15, 0.2) is 0 Å². The van der Waals surface area contributed by atoms with Gasteiger partial charge in [-0.05, 0) is 73.4 Å². The quantitative estimate of drug-likeness (QED) is 0.841. The van der Waals surface area contributed by atoms with Gasteiger partial charge in [-0.2, -0.15) is 0 Å². The number of carbonyl (C=O) groups excluding carboxylic acids is 1. The highest BCUT2D eigenvalue weighted by Gasteiger charge is 2.30. The Balaban J connectivity index is 1.70. The van der Waals surface area contributed by atoms with E-state index in [1.54, 1.807) is 0 Å². The van der Waals surface area contributed by atoms with Crippen molar-refractivity contribution < 1.29 is 9.53 Å². The molecule has 0 aromatic rings. The van der Waals surface area contributed by atoms with Crippen molar-refractivity contribution in [1.82, 2.24) is 15.5 Å². The van der Waals surface area contributed by atoms with Gasteiger partial charge in [-0.1, -0.05) is 0 Å². The number of piperidine rings is 1. The summed E-state index contributed by atoms with van der Waals surface area (Å²) in [6.07, 6.45) is 5.35. The van der Waals surface area contributed by atoms with Gasteiger partial charge in [-0.3, -0.25) is 0 Å². The van der Waals surface area contributed by atoms with Crippen LogP contribution < -0.4 is 10.6 Å². The maximum atomic E-state index is 11.8. The van der Waals surface area contributed by atoms with Crippen LogP contribution in [0.3, 0.4) is 0 Å². The molecule has 1 saturated heterocycles. The fourth-order valence-electron chi connectivity index (χ4n) is 3.51. The number of nitrogens with zero attached hydrogens (tertiary/aromatic N) is 1. The van der Waals surface area contributed by atoms with Crippen LogP contribution in [-0.2, 0) is 4.74 Å². The van der Waals surface area contributed by atoms with Crippen LogP contribution in [0.1, 0.15) is 59.8 Å². The van der Waals surface area contributed by atoms with E-state index in [1.807, 2.05) is 20.8 Å². The number of amides is 1. The van der Waals surface area contributed by atoms with Crippen LogP contribution in [0, 0.1) is 0 Å². The first kappa shape index (κ1) is 17.5. The van der Waals surface area contributed by atoms with Crippen molar-refractivity contribution in [2.75, 3.05) is 13.6 Å². The van der Waals surface area contributed by atoms with Crippen LogP contribution in [0.5, 0.6) is 0 Å². The summed E-state index contributed by atoms with van der Waals surface area (Å²) in [5.41, 5.74) is -0.426. The van der Waals surface area contributed by atoms with Crippen molar-refractivity contribution >= 4 is 6.09 Å². The minimum Gasteiger partial charge on any atom is -0.444 e. The molecule has 2 fully saturated rings. The zero-order valence-corrected chi connectivity index (χ0v) is 14.8. The minimum absolute atomic E-state index is 0.246. The molecule has 4 atom stereocenters. The second-order valence-electron chi connectivity index (χ2n) is 8.07. The number of ether oxygens (including phenoxy) is 1. The van der Waals surface area contributed by atoms with Gasteiger partial charge in [0.2, 0.25) is 0 Å². The largest absolute Gasteiger partial charge is 0.444 e. The molecule has 0 radical (unpaired) electrons. The third-order valence-corrected chi connectivity index (χ3v) is 4.83. The van der Waals surface area contributed by atoms with Crippen LogP contribution in [0.2, 0.25) is 0 Å². The lowest BCUT2D eigenvalue weighted by Crippen LogP contribution is -2.48. The van der Waals surface area contributed by atoms with Crippen molar-refractivity contribution in [2.24, 2.45) is 0 Å². The van der Waals surface area contributed by atoms with Crippen molar-refractivity contribution in [1.29, 1.82) is 0 Å². The van der Waals surface area contributed by atoms with E-state index in [-0.39, 0.29) is 12.1 Å². The standard InChI is InChI=1S/C17H33N3O2/c1-12-10-15(8-9-20(12)5)18-13-6-7-14(11-13)19-16(21)22-17(2,3)4/h12-15,18H,6-11H2,1-5H3,(H,19,21). The lowest BCUT2D eigenvalue weighted by molar-refractivity contribution is 0.0505. The molecule has 22 heavy (non-hydrogen) atoms. The van der Waals surface area contributed by atoms with Crippen LogP contribution >= 0.6 is 0 Å². The van der Waals surface area contributed by atoms with E-state index >= 15 is 0 Å². The Kier molecular flexibility index (Phi) is 5.72. The molecule has 5 heteroatoms. The van der Waals surface area contributed by atoms with Gasteiger partial charge in [-0.15, -0.1) is 0 Å². The van der Waals surface area contributed by atoms with E-state index in [1.165, 1.54) is 19.4 Å². The normalized spacial score (nSPS) is 33.7. The molecule has 5 nitrogen and oxygen atoms in total. The van der Waals surface area contributed by atoms with Gasteiger partial charge in [0.1, 0.15) is 5.60 Å². The average Bonchev–Trinajstić information content (AvgIpc) is 2.78. The van der Waals surface area contributed by atoms with Crippen molar-refractivity contribution in [3.05, 3.63) is 0 Å². The summed E-state index contributed by atoms with van der Waals surface area (Å²) in [4.78, 5) is 14.3. The van der Waals surface area contributed by atoms with Gasteiger partial charge >= 0.3 is 6.09 Å². The van der Waals surface area contributed by atoms with E-state index in [2.05, 4.69) is 29.5 Å². The van der Waals surface area contributed by atoms with Gasteiger partial charge in [0.05, 0.1) is 0 Å². The molecular weight excluding hydrogens is 278 g/mol. The van der Waals surface area contributed by atoms with Crippen molar-refractivity contribution in [3.63, 3.8) is 0 Å². The topological polar surface area (TPSA) is 53.6 Å². The molecule has 128 valence electrons. The molecular formula is C17H33N3O2. The summed E-state index contributed by atoms with van der Waals surface area (Å²) in [6, 6.07) is 2.05. The molecule has 2 rings (SSSR count). The zero-order chi connectivity index (χ0) is 16.3. The number of alkyl carbamates (subject to hydrolysis) is 1. The third kappa shape index (κ3) is 5.43. The molecule has 4 unspecified atom stereocenters. The monoisotopic (exact) mass is 311 g/mol. The Morgan fingerprint density at radius 2 is 1.73 bits per heavy atom. The number of nitrogens with one attached hydrogen (secondary N) is 2. The molecule has 0 bridgehead atoms. The highest BCUT2D eigenvalue weighted by atomic mass is 16.6. The third-order valence-electron chi connectivity index (χ3n) is 4.83. The lowest BCUT2D eigenvalue weighted by Gasteiger charge is -2.36. The van der Waals surface area contributed by atoms with E-state index in [9.17, 15) is 4.79 Å².